The van der Waals surface area contributed by atoms with Crippen molar-refractivity contribution in [3.8, 4) is 5.75 Å². The third-order valence-electron chi connectivity index (χ3n) is 3.02. The van der Waals surface area contributed by atoms with Crippen LogP contribution < -0.4 is 10.2 Å². The van der Waals surface area contributed by atoms with E-state index in [2.05, 4.69) is 0 Å². The first-order valence-corrected chi connectivity index (χ1v) is 5.71. The lowest BCUT2D eigenvalue weighted by Crippen LogP contribution is -2.01. The highest BCUT2D eigenvalue weighted by Gasteiger charge is 2.12. The molecular weight excluding hydrogens is 228 g/mol. The van der Waals surface area contributed by atoms with Crippen LogP contribution in [0.4, 0.5) is 0 Å². The summed E-state index contributed by atoms with van der Waals surface area (Å²) in [4.78, 5) is 12.0. The Hall–Kier alpha value is -2.29. The van der Waals surface area contributed by atoms with Crippen molar-refractivity contribution in [1.82, 2.24) is 0 Å². The van der Waals surface area contributed by atoms with Gasteiger partial charge in [0.2, 0.25) is 0 Å². The van der Waals surface area contributed by atoms with E-state index in [0.717, 1.165) is 10.8 Å². The quantitative estimate of drug-likeness (QED) is 0.613. The van der Waals surface area contributed by atoms with Crippen LogP contribution in [0.25, 0.3) is 21.7 Å². The molecule has 3 aromatic rings. The monoisotopic (exact) mass is 240 g/mol. The van der Waals surface area contributed by atoms with E-state index in [1.54, 1.807) is 14.0 Å². The number of rotatable bonds is 1. The van der Waals surface area contributed by atoms with Crippen LogP contribution in [0.1, 0.15) is 5.76 Å². The van der Waals surface area contributed by atoms with E-state index in [9.17, 15) is 4.79 Å². The summed E-state index contributed by atoms with van der Waals surface area (Å²) in [5.41, 5.74) is 0.471. The molecular formula is C15H12O3. The number of hydrogen-bond acceptors (Lipinski definition) is 3. The molecule has 2 aromatic carbocycles. The maximum absolute atomic E-state index is 12.0. The SMILES string of the molecule is COc1c2ccccc2cc2c(=O)cc(C)oc12. The molecule has 3 heteroatoms. The van der Waals surface area contributed by atoms with E-state index < -0.39 is 0 Å². The fourth-order valence-corrected chi connectivity index (χ4v) is 2.24. The molecule has 0 spiro atoms. The van der Waals surface area contributed by atoms with Crippen LogP contribution in [0.2, 0.25) is 0 Å². The first-order chi connectivity index (χ1) is 8.70. The van der Waals surface area contributed by atoms with Crippen LogP contribution in [-0.4, -0.2) is 7.11 Å². The molecule has 3 nitrogen and oxygen atoms in total. The van der Waals surface area contributed by atoms with Gasteiger partial charge in [0.25, 0.3) is 0 Å². The first kappa shape index (κ1) is 10.8. The van der Waals surface area contributed by atoms with E-state index in [-0.39, 0.29) is 5.43 Å². The maximum atomic E-state index is 12.0. The van der Waals surface area contributed by atoms with Gasteiger partial charge in [0.15, 0.2) is 16.8 Å². The summed E-state index contributed by atoms with van der Waals surface area (Å²) in [7, 11) is 1.59. The summed E-state index contributed by atoms with van der Waals surface area (Å²) < 4.78 is 11.1. The molecule has 18 heavy (non-hydrogen) atoms. The van der Waals surface area contributed by atoms with Crippen molar-refractivity contribution < 1.29 is 9.15 Å². The van der Waals surface area contributed by atoms with Crippen molar-refractivity contribution in [2.24, 2.45) is 0 Å². The van der Waals surface area contributed by atoms with Gasteiger partial charge in [0.05, 0.1) is 12.5 Å². The third-order valence-corrected chi connectivity index (χ3v) is 3.02. The summed E-state index contributed by atoms with van der Waals surface area (Å²) in [5, 5.41) is 2.47. The Kier molecular flexibility index (Phi) is 2.33. The fourth-order valence-electron chi connectivity index (χ4n) is 2.24. The van der Waals surface area contributed by atoms with Crippen LogP contribution in [0, 0.1) is 6.92 Å². The van der Waals surface area contributed by atoms with Gasteiger partial charge in [-0.2, -0.15) is 0 Å². The summed E-state index contributed by atoms with van der Waals surface area (Å²) in [6.07, 6.45) is 0. The Bertz CT molecular complexity index is 800. The zero-order valence-corrected chi connectivity index (χ0v) is 10.2. The number of aryl methyl sites for hydroxylation is 1. The van der Waals surface area contributed by atoms with Gasteiger partial charge in [-0.05, 0) is 18.4 Å². The van der Waals surface area contributed by atoms with Crippen LogP contribution in [0.3, 0.4) is 0 Å². The molecule has 0 aliphatic rings. The van der Waals surface area contributed by atoms with Crippen LogP contribution in [0.15, 0.2) is 45.6 Å². The largest absolute Gasteiger partial charge is 0.492 e. The molecule has 0 amide bonds. The number of methoxy groups -OCH3 is 1. The molecule has 0 atom stereocenters. The topological polar surface area (TPSA) is 39.4 Å². The van der Waals surface area contributed by atoms with Crippen molar-refractivity contribution >= 4 is 21.7 Å². The lowest BCUT2D eigenvalue weighted by molar-refractivity contribution is 0.412. The van der Waals surface area contributed by atoms with Crippen molar-refractivity contribution in [3.63, 3.8) is 0 Å². The molecule has 0 saturated heterocycles. The zero-order chi connectivity index (χ0) is 12.7. The van der Waals surface area contributed by atoms with Crippen molar-refractivity contribution in [2.75, 3.05) is 7.11 Å². The zero-order valence-electron chi connectivity index (χ0n) is 10.2. The van der Waals surface area contributed by atoms with Crippen LogP contribution in [0.5, 0.6) is 5.75 Å². The predicted molar refractivity (Wildman–Crippen MR) is 71.3 cm³/mol. The summed E-state index contributed by atoms with van der Waals surface area (Å²) in [5.74, 6) is 1.20. The average molecular weight is 240 g/mol. The number of fused-ring (bicyclic) bond motifs is 2. The van der Waals surface area contributed by atoms with Gasteiger partial charge in [0.1, 0.15) is 5.76 Å². The van der Waals surface area contributed by atoms with Gasteiger partial charge in [-0.1, -0.05) is 24.3 Å². The standard InChI is InChI=1S/C15H12O3/c1-9-7-13(16)12-8-10-5-3-4-6-11(10)14(17-2)15(12)18-9/h3-8H,1-2H3. The highest BCUT2D eigenvalue weighted by atomic mass is 16.5. The third kappa shape index (κ3) is 1.48. The molecule has 0 fully saturated rings. The van der Waals surface area contributed by atoms with E-state index in [1.807, 2.05) is 30.3 Å². The molecule has 1 aromatic heterocycles. The molecule has 0 unspecified atom stereocenters. The van der Waals surface area contributed by atoms with E-state index in [1.165, 1.54) is 6.07 Å². The second kappa shape index (κ2) is 3.88. The minimum atomic E-state index is -0.0437. The van der Waals surface area contributed by atoms with Crippen molar-refractivity contribution in [2.45, 2.75) is 6.92 Å². The lowest BCUT2D eigenvalue weighted by Gasteiger charge is -2.09. The number of ether oxygens (including phenoxy) is 1. The van der Waals surface area contributed by atoms with E-state index in [0.29, 0.717) is 22.5 Å². The van der Waals surface area contributed by atoms with Gasteiger partial charge in [0, 0.05) is 11.5 Å². The Morgan fingerprint density at radius 3 is 2.67 bits per heavy atom. The summed E-state index contributed by atoms with van der Waals surface area (Å²) >= 11 is 0. The molecule has 0 aliphatic carbocycles. The summed E-state index contributed by atoms with van der Waals surface area (Å²) in [6.45, 7) is 1.76. The minimum absolute atomic E-state index is 0.0437. The maximum Gasteiger partial charge on any atom is 0.193 e. The van der Waals surface area contributed by atoms with E-state index >= 15 is 0 Å². The minimum Gasteiger partial charge on any atom is -0.492 e. The molecule has 0 saturated carbocycles. The molecule has 0 bridgehead atoms. The van der Waals surface area contributed by atoms with Crippen LogP contribution in [-0.2, 0) is 0 Å². The predicted octanol–water partition coefficient (Wildman–Crippen LogP) is 3.26. The number of benzene rings is 2. The first-order valence-electron chi connectivity index (χ1n) is 5.71. The Morgan fingerprint density at radius 1 is 1.11 bits per heavy atom. The molecule has 90 valence electrons. The summed E-state index contributed by atoms with van der Waals surface area (Å²) in [6, 6.07) is 11.1. The Morgan fingerprint density at radius 2 is 1.89 bits per heavy atom. The van der Waals surface area contributed by atoms with Crippen molar-refractivity contribution in [1.29, 1.82) is 0 Å². The highest BCUT2D eigenvalue weighted by molar-refractivity contribution is 6.02. The number of hydrogen-bond donors (Lipinski definition) is 0. The average Bonchev–Trinajstić information content (AvgIpc) is 2.36. The Labute approximate surface area is 104 Å². The Balaban J connectivity index is 2.62. The molecule has 0 N–H and O–H groups in total. The molecule has 3 rings (SSSR count). The smallest absolute Gasteiger partial charge is 0.193 e. The molecule has 0 radical (unpaired) electrons. The lowest BCUT2D eigenvalue weighted by atomic mass is 10.1. The van der Waals surface area contributed by atoms with Gasteiger partial charge in [-0.25, -0.2) is 0 Å². The fraction of sp³-hybridized carbons (Fsp3) is 0.133. The highest BCUT2D eigenvalue weighted by Crippen LogP contribution is 2.33. The van der Waals surface area contributed by atoms with Gasteiger partial charge in [-0.15, -0.1) is 0 Å². The van der Waals surface area contributed by atoms with Crippen LogP contribution >= 0.6 is 0 Å². The van der Waals surface area contributed by atoms with Gasteiger partial charge >= 0.3 is 0 Å². The second-order valence-corrected chi connectivity index (χ2v) is 4.23. The normalized spacial score (nSPS) is 11.0. The van der Waals surface area contributed by atoms with Crippen molar-refractivity contribution in [3.05, 3.63) is 52.4 Å². The van der Waals surface area contributed by atoms with Gasteiger partial charge in [-0.3, -0.25) is 4.79 Å². The molecule has 1 heterocycles. The molecule has 0 aliphatic heterocycles. The van der Waals surface area contributed by atoms with Gasteiger partial charge < -0.3 is 9.15 Å². The second-order valence-electron chi connectivity index (χ2n) is 4.23. The van der Waals surface area contributed by atoms with E-state index in [4.69, 9.17) is 9.15 Å².